The zero-order valence-electron chi connectivity index (χ0n) is 14.8. The summed E-state index contributed by atoms with van der Waals surface area (Å²) in [5.41, 5.74) is 1.35. The third-order valence-corrected chi connectivity index (χ3v) is 5.73. The van der Waals surface area contributed by atoms with Gasteiger partial charge < -0.3 is 14.5 Å². The fraction of sp³-hybridized carbons (Fsp3) is 0.778. The second-order valence-electron chi connectivity index (χ2n) is 7.63. The van der Waals surface area contributed by atoms with Crippen molar-refractivity contribution in [3.05, 3.63) is 18.0 Å². The Balaban J connectivity index is 1.35. The van der Waals surface area contributed by atoms with Crippen LogP contribution in [-0.2, 0) is 11.3 Å². The maximum absolute atomic E-state index is 6.12. The van der Waals surface area contributed by atoms with Crippen LogP contribution in [0.1, 0.15) is 31.2 Å². The molecule has 2 aliphatic heterocycles. The molecule has 0 bridgehead atoms. The number of nitrogens with zero attached hydrogens (tertiary/aromatic N) is 5. The van der Waals surface area contributed by atoms with Crippen molar-refractivity contribution in [3.8, 4) is 0 Å². The number of morpholine rings is 1. The van der Waals surface area contributed by atoms with E-state index in [4.69, 9.17) is 4.74 Å². The van der Waals surface area contributed by atoms with Crippen molar-refractivity contribution in [2.45, 2.75) is 37.8 Å². The maximum atomic E-state index is 6.12. The van der Waals surface area contributed by atoms with Crippen molar-refractivity contribution in [1.29, 1.82) is 0 Å². The van der Waals surface area contributed by atoms with E-state index in [-0.39, 0.29) is 5.60 Å². The first-order valence-corrected chi connectivity index (χ1v) is 9.33. The Morgan fingerprint density at radius 1 is 1.04 bits per heavy atom. The van der Waals surface area contributed by atoms with Gasteiger partial charge in [0, 0.05) is 63.8 Å². The predicted molar refractivity (Wildman–Crippen MR) is 94.2 cm³/mol. The van der Waals surface area contributed by atoms with Crippen molar-refractivity contribution in [1.82, 2.24) is 19.8 Å². The molecule has 4 rings (SSSR count). The Hall–Kier alpha value is -1.24. The van der Waals surface area contributed by atoms with Crippen LogP contribution in [-0.4, -0.2) is 78.3 Å². The van der Waals surface area contributed by atoms with Gasteiger partial charge in [-0.3, -0.25) is 4.90 Å². The van der Waals surface area contributed by atoms with Crippen molar-refractivity contribution >= 4 is 5.95 Å². The van der Waals surface area contributed by atoms with Crippen LogP contribution in [0.3, 0.4) is 0 Å². The summed E-state index contributed by atoms with van der Waals surface area (Å²) in [4.78, 5) is 16.4. The van der Waals surface area contributed by atoms with Crippen molar-refractivity contribution < 1.29 is 4.74 Å². The van der Waals surface area contributed by atoms with Gasteiger partial charge in [-0.15, -0.1) is 0 Å². The highest BCUT2D eigenvalue weighted by molar-refractivity contribution is 5.30. The molecule has 1 spiro atoms. The first-order chi connectivity index (χ1) is 11.7. The number of hydrogen-bond donors (Lipinski definition) is 0. The highest BCUT2D eigenvalue weighted by Gasteiger charge is 2.39. The Morgan fingerprint density at radius 2 is 1.75 bits per heavy atom. The van der Waals surface area contributed by atoms with Gasteiger partial charge in [0.25, 0.3) is 0 Å². The second-order valence-corrected chi connectivity index (χ2v) is 7.63. The molecule has 1 saturated carbocycles. The highest BCUT2D eigenvalue weighted by Crippen LogP contribution is 2.36. The number of ether oxygens (including phenoxy) is 1. The van der Waals surface area contributed by atoms with Crippen LogP contribution in [0.5, 0.6) is 0 Å². The predicted octanol–water partition coefficient (Wildman–Crippen LogP) is 1.37. The van der Waals surface area contributed by atoms with Crippen LogP contribution >= 0.6 is 0 Å². The summed E-state index contributed by atoms with van der Waals surface area (Å²) in [6.45, 7) is 8.08. The fourth-order valence-electron chi connectivity index (χ4n) is 4.24. The van der Waals surface area contributed by atoms with Gasteiger partial charge in [-0.05, 0) is 19.9 Å². The van der Waals surface area contributed by atoms with E-state index in [0.717, 1.165) is 58.4 Å². The monoisotopic (exact) mass is 331 g/mol. The minimum atomic E-state index is 0.138. The molecule has 1 aromatic heterocycles. The first-order valence-electron chi connectivity index (χ1n) is 9.33. The summed E-state index contributed by atoms with van der Waals surface area (Å²) in [6.07, 6.45) is 9.10. The van der Waals surface area contributed by atoms with Crippen molar-refractivity contribution in [2.75, 3.05) is 57.8 Å². The quantitative estimate of drug-likeness (QED) is 0.834. The molecule has 1 aliphatic carbocycles. The van der Waals surface area contributed by atoms with Crippen molar-refractivity contribution in [2.24, 2.45) is 0 Å². The summed E-state index contributed by atoms with van der Waals surface area (Å²) < 4.78 is 6.12. The van der Waals surface area contributed by atoms with Crippen LogP contribution in [0.4, 0.5) is 5.95 Å². The molecule has 3 aliphatic rings. The lowest BCUT2D eigenvalue weighted by Crippen LogP contribution is -2.49. The standard InChI is InChI=1S/C18H29N5O/c1-21-6-8-23(9-7-21)17-19-12-16(13-20-17)14-22-10-11-24-18(15-22)4-2-3-5-18/h12-13H,2-11,14-15H2,1H3. The lowest BCUT2D eigenvalue weighted by atomic mass is 9.99. The molecule has 24 heavy (non-hydrogen) atoms. The largest absolute Gasteiger partial charge is 0.372 e. The molecule has 3 fully saturated rings. The van der Waals surface area contributed by atoms with Crippen LogP contribution in [0, 0.1) is 0 Å². The average molecular weight is 331 g/mol. The van der Waals surface area contributed by atoms with Crippen LogP contribution in [0.25, 0.3) is 0 Å². The Labute approximate surface area is 144 Å². The number of rotatable bonds is 3. The average Bonchev–Trinajstić information content (AvgIpc) is 3.04. The number of anilines is 1. The van der Waals surface area contributed by atoms with Gasteiger partial charge in [0.05, 0.1) is 12.2 Å². The first kappa shape index (κ1) is 16.2. The summed E-state index contributed by atoms with van der Waals surface area (Å²) in [5, 5.41) is 0. The van der Waals surface area contributed by atoms with Crippen molar-refractivity contribution in [3.63, 3.8) is 0 Å². The summed E-state index contributed by atoms with van der Waals surface area (Å²) >= 11 is 0. The molecule has 0 atom stereocenters. The van der Waals surface area contributed by atoms with Gasteiger partial charge in [-0.2, -0.15) is 0 Å². The minimum Gasteiger partial charge on any atom is -0.372 e. The molecular formula is C18H29N5O. The van der Waals surface area contributed by atoms with Crippen LogP contribution in [0.15, 0.2) is 12.4 Å². The fourth-order valence-corrected chi connectivity index (χ4v) is 4.24. The molecule has 2 saturated heterocycles. The summed E-state index contributed by atoms with van der Waals surface area (Å²) in [7, 11) is 2.17. The molecule has 3 heterocycles. The summed E-state index contributed by atoms with van der Waals surface area (Å²) in [5.74, 6) is 0.876. The van der Waals surface area contributed by atoms with Gasteiger partial charge >= 0.3 is 0 Å². The smallest absolute Gasteiger partial charge is 0.225 e. The second kappa shape index (κ2) is 6.94. The highest BCUT2D eigenvalue weighted by atomic mass is 16.5. The van der Waals surface area contributed by atoms with Gasteiger partial charge in [0.15, 0.2) is 0 Å². The van der Waals surface area contributed by atoms with E-state index in [9.17, 15) is 0 Å². The normalized spacial score (nSPS) is 25.5. The number of piperazine rings is 1. The van der Waals surface area contributed by atoms with E-state index in [0.29, 0.717) is 0 Å². The van der Waals surface area contributed by atoms with Gasteiger partial charge in [-0.25, -0.2) is 9.97 Å². The molecule has 0 N–H and O–H groups in total. The lowest BCUT2D eigenvalue weighted by Gasteiger charge is -2.40. The maximum Gasteiger partial charge on any atom is 0.225 e. The Morgan fingerprint density at radius 3 is 2.46 bits per heavy atom. The molecule has 0 unspecified atom stereocenters. The van der Waals surface area contributed by atoms with E-state index in [1.807, 2.05) is 12.4 Å². The zero-order valence-corrected chi connectivity index (χ0v) is 14.8. The third kappa shape index (κ3) is 3.55. The van der Waals surface area contributed by atoms with Gasteiger partial charge in [0.2, 0.25) is 5.95 Å². The Bertz CT molecular complexity index is 535. The molecule has 0 aromatic carbocycles. The van der Waals surface area contributed by atoms with E-state index in [1.54, 1.807) is 0 Å². The minimum absolute atomic E-state index is 0.138. The van der Waals surface area contributed by atoms with Crippen LogP contribution in [0.2, 0.25) is 0 Å². The van der Waals surface area contributed by atoms with Gasteiger partial charge in [-0.1, -0.05) is 12.8 Å². The van der Waals surface area contributed by atoms with Crippen LogP contribution < -0.4 is 4.90 Å². The molecule has 6 nitrogen and oxygen atoms in total. The molecule has 0 amide bonds. The third-order valence-electron chi connectivity index (χ3n) is 5.73. The molecule has 6 heteroatoms. The molecule has 1 aromatic rings. The summed E-state index contributed by atoms with van der Waals surface area (Å²) in [6, 6.07) is 0. The molecular weight excluding hydrogens is 302 g/mol. The number of aromatic nitrogens is 2. The van der Waals surface area contributed by atoms with E-state index in [1.165, 1.54) is 31.2 Å². The SMILES string of the molecule is CN1CCN(c2ncc(CN3CCOC4(CCCC4)C3)cn2)CC1. The number of likely N-dealkylation sites (N-methyl/N-ethyl adjacent to an activating group) is 1. The topological polar surface area (TPSA) is 44.7 Å². The van der Waals surface area contributed by atoms with Gasteiger partial charge in [0.1, 0.15) is 0 Å². The van der Waals surface area contributed by atoms with E-state index < -0.39 is 0 Å². The zero-order chi connectivity index (χ0) is 16.4. The van der Waals surface area contributed by atoms with E-state index >= 15 is 0 Å². The Kier molecular flexibility index (Phi) is 4.70. The lowest BCUT2D eigenvalue weighted by molar-refractivity contribution is -0.107. The molecule has 132 valence electrons. The van der Waals surface area contributed by atoms with E-state index in [2.05, 4.69) is 31.7 Å². The number of hydrogen-bond acceptors (Lipinski definition) is 6. The molecule has 0 radical (unpaired) electrons.